The van der Waals surface area contributed by atoms with E-state index in [9.17, 15) is 4.39 Å². The first kappa shape index (κ1) is 15.0. The summed E-state index contributed by atoms with van der Waals surface area (Å²) >= 11 is 0. The monoisotopic (exact) mass is 289 g/mol. The van der Waals surface area contributed by atoms with Crippen LogP contribution in [0, 0.1) is 5.82 Å². The number of anilines is 1. The van der Waals surface area contributed by atoms with Crippen molar-refractivity contribution in [2.45, 2.75) is 45.8 Å². The van der Waals surface area contributed by atoms with Gasteiger partial charge in [0.25, 0.3) is 0 Å². The number of benzene rings is 1. The average Bonchev–Trinajstić information content (AvgIpc) is 2.57. The van der Waals surface area contributed by atoms with Crippen molar-refractivity contribution in [2.75, 3.05) is 4.98 Å². The van der Waals surface area contributed by atoms with Crippen LogP contribution in [-0.4, -0.2) is 8.24 Å². The molecule has 2 rings (SSSR count). The molecule has 0 saturated carbocycles. The number of halogens is 1. The highest BCUT2D eigenvalue weighted by molar-refractivity contribution is 6.84. The van der Waals surface area contributed by atoms with Gasteiger partial charge in [-0.3, -0.25) is 0 Å². The van der Waals surface area contributed by atoms with Crippen molar-refractivity contribution in [1.82, 2.24) is 0 Å². The van der Waals surface area contributed by atoms with Crippen molar-refractivity contribution in [3.05, 3.63) is 52.9 Å². The Labute approximate surface area is 122 Å². The Morgan fingerprint density at radius 2 is 1.60 bits per heavy atom. The second-order valence-corrected chi connectivity index (χ2v) is 11.1. The molecular formula is C17H24FNSi. The van der Waals surface area contributed by atoms with E-state index in [1.54, 1.807) is 0 Å². The lowest BCUT2D eigenvalue weighted by Crippen LogP contribution is -2.47. The van der Waals surface area contributed by atoms with Gasteiger partial charge in [0.05, 0.1) is 0 Å². The summed E-state index contributed by atoms with van der Waals surface area (Å²) in [6.07, 6.45) is 2.40. The van der Waals surface area contributed by atoms with E-state index in [1.165, 1.54) is 28.9 Å². The molecule has 1 atom stereocenters. The first-order valence-electron chi connectivity index (χ1n) is 7.09. The molecule has 1 unspecified atom stereocenters. The van der Waals surface area contributed by atoms with E-state index in [0.717, 1.165) is 5.69 Å². The standard InChI is InChI=1S/C17H24FNSi/c1-12-11-17(4,14(3)13(12)2)20(5,6)19-16-9-7-15(18)8-10-16/h7-11,19H,1-6H3. The summed E-state index contributed by atoms with van der Waals surface area (Å²) in [6, 6.07) is 6.67. The van der Waals surface area contributed by atoms with Gasteiger partial charge in [-0.25, -0.2) is 4.39 Å². The van der Waals surface area contributed by atoms with Gasteiger partial charge in [0.2, 0.25) is 0 Å². The largest absolute Gasteiger partial charge is 0.410 e. The van der Waals surface area contributed by atoms with E-state index < -0.39 is 8.24 Å². The highest BCUT2D eigenvalue weighted by Gasteiger charge is 2.46. The molecule has 0 spiro atoms. The van der Waals surface area contributed by atoms with Gasteiger partial charge >= 0.3 is 0 Å². The fourth-order valence-electron chi connectivity index (χ4n) is 3.01. The van der Waals surface area contributed by atoms with Crippen molar-refractivity contribution >= 4 is 13.9 Å². The van der Waals surface area contributed by atoms with E-state index in [2.05, 4.69) is 51.8 Å². The van der Waals surface area contributed by atoms with Gasteiger partial charge < -0.3 is 4.98 Å². The summed E-state index contributed by atoms with van der Waals surface area (Å²) in [5, 5.41) is 0.0928. The second kappa shape index (κ2) is 4.88. The normalized spacial score (nSPS) is 23.1. The second-order valence-electron chi connectivity index (χ2n) is 6.54. The third-order valence-electron chi connectivity index (χ3n) is 5.04. The summed E-state index contributed by atoms with van der Waals surface area (Å²) in [5.41, 5.74) is 5.26. The Hall–Kier alpha value is -1.35. The van der Waals surface area contributed by atoms with Crippen LogP contribution < -0.4 is 4.98 Å². The molecule has 1 aliphatic carbocycles. The minimum atomic E-state index is -1.81. The van der Waals surface area contributed by atoms with Crippen LogP contribution in [0.1, 0.15) is 27.7 Å². The van der Waals surface area contributed by atoms with Crippen molar-refractivity contribution in [3.8, 4) is 0 Å². The van der Waals surface area contributed by atoms with Crippen molar-refractivity contribution in [2.24, 2.45) is 0 Å². The quantitative estimate of drug-likeness (QED) is 0.724. The van der Waals surface area contributed by atoms with Gasteiger partial charge in [0.15, 0.2) is 8.24 Å². The van der Waals surface area contributed by atoms with Gasteiger partial charge in [-0.15, -0.1) is 0 Å². The fourth-order valence-corrected chi connectivity index (χ4v) is 5.86. The molecule has 1 N–H and O–H groups in total. The van der Waals surface area contributed by atoms with Crippen molar-refractivity contribution in [1.29, 1.82) is 0 Å². The predicted octanol–water partition coefficient (Wildman–Crippen LogP) is 5.50. The van der Waals surface area contributed by atoms with Crippen LogP contribution in [0.4, 0.5) is 10.1 Å². The molecule has 0 aromatic heterocycles. The lowest BCUT2D eigenvalue weighted by molar-refractivity contribution is 0.628. The van der Waals surface area contributed by atoms with Crippen LogP contribution >= 0.6 is 0 Å². The Kier molecular flexibility index (Phi) is 3.67. The van der Waals surface area contributed by atoms with Crippen LogP contribution in [0.2, 0.25) is 18.1 Å². The molecule has 0 heterocycles. The lowest BCUT2D eigenvalue weighted by Gasteiger charge is -2.41. The molecule has 0 radical (unpaired) electrons. The Morgan fingerprint density at radius 1 is 1.05 bits per heavy atom. The molecule has 0 amide bonds. The van der Waals surface area contributed by atoms with Gasteiger partial charge in [-0.2, -0.15) is 0 Å². The molecular weight excluding hydrogens is 265 g/mol. The fraction of sp³-hybridized carbons (Fsp3) is 0.412. The first-order valence-corrected chi connectivity index (χ1v) is 10.1. The zero-order chi connectivity index (χ0) is 15.1. The number of hydrogen-bond donors (Lipinski definition) is 1. The van der Waals surface area contributed by atoms with Crippen LogP contribution in [0.3, 0.4) is 0 Å². The van der Waals surface area contributed by atoms with Crippen molar-refractivity contribution in [3.63, 3.8) is 0 Å². The third kappa shape index (κ3) is 2.35. The van der Waals surface area contributed by atoms with Crippen LogP contribution in [-0.2, 0) is 0 Å². The van der Waals surface area contributed by atoms with Gasteiger partial charge in [0.1, 0.15) is 5.82 Å². The summed E-state index contributed by atoms with van der Waals surface area (Å²) < 4.78 is 13.0. The molecule has 1 aromatic rings. The summed E-state index contributed by atoms with van der Waals surface area (Å²) in [5.74, 6) is -0.190. The minimum Gasteiger partial charge on any atom is -0.410 e. The SMILES string of the molecule is CC1=CC(C)([Si](C)(C)Nc2ccc(F)cc2)C(C)=C1C. The minimum absolute atomic E-state index is 0.0928. The highest BCUT2D eigenvalue weighted by atomic mass is 28.3. The predicted molar refractivity (Wildman–Crippen MR) is 88.0 cm³/mol. The zero-order valence-electron chi connectivity index (χ0n) is 13.3. The molecule has 20 heavy (non-hydrogen) atoms. The van der Waals surface area contributed by atoms with E-state index in [4.69, 9.17) is 0 Å². The highest BCUT2D eigenvalue weighted by Crippen LogP contribution is 2.52. The summed E-state index contributed by atoms with van der Waals surface area (Å²) in [4.78, 5) is 3.69. The topological polar surface area (TPSA) is 12.0 Å². The van der Waals surface area contributed by atoms with Crippen LogP contribution in [0.25, 0.3) is 0 Å². The van der Waals surface area contributed by atoms with Gasteiger partial charge in [-0.1, -0.05) is 37.2 Å². The maximum Gasteiger partial charge on any atom is 0.161 e. The van der Waals surface area contributed by atoms with E-state index in [-0.39, 0.29) is 10.9 Å². The maximum atomic E-state index is 13.0. The maximum absolute atomic E-state index is 13.0. The smallest absolute Gasteiger partial charge is 0.161 e. The Morgan fingerprint density at radius 3 is 2.05 bits per heavy atom. The molecule has 0 saturated heterocycles. The van der Waals surface area contributed by atoms with E-state index >= 15 is 0 Å². The molecule has 1 aromatic carbocycles. The lowest BCUT2D eigenvalue weighted by atomic mass is 10.0. The molecule has 1 aliphatic rings. The van der Waals surface area contributed by atoms with E-state index in [0.29, 0.717) is 0 Å². The Balaban J connectivity index is 2.34. The molecule has 108 valence electrons. The van der Waals surface area contributed by atoms with Gasteiger partial charge in [-0.05, 0) is 50.6 Å². The van der Waals surface area contributed by atoms with E-state index in [1.807, 2.05) is 12.1 Å². The molecule has 1 nitrogen and oxygen atoms in total. The molecule has 0 bridgehead atoms. The third-order valence-corrected chi connectivity index (χ3v) is 9.07. The van der Waals surface area contributed by atoms with Crippen LogP contribution in [0.5, 0.6) is 0 Å². The number of hydrogen-bond acceptors (Lipinski definition) is 1. The molecule has 3 heteroatoms. The first-order chi connectivity index (χ1) is 9.17. The summed E-state index contributed by atoms with van der Waals surface area (Å²) in [7, 11) is -1.81. The molecule has 0 aliphatic heterocycles. The Bertz CT molecular complexity index is 584. The van der Waals surface area contributed by atoms with Crippen molar-refractivity contribution < 1.29 is 4.39 Å². The number of rotatable bonds is 3. The number of allylic oxidation sites excluding steroid dienone is 4. The van der Waals surface area contributed by atoms with Crippen LogP contribution in [0.15, 0.2) is 47.1 Å². The van der Waals surface area contributed by atoms with Gasteiger partial charge in [0, 0.05) is 10.7 Å². The summed E-state index contributed by atoms with van der Waals surface area (Å²) in [6.45, 7) is 13.6. The number of nitrogens with one attached hydrogen (secondary N) is 1. The molecule has 0 fully saturated rings. The zero-order valence-corrected chi connectivity index (χ0v) is 14.3. The average molecular weight is 289 g/mol.